The van der Waals surface area contributed by atoms with Crippen LogP contribution in [0.3, 0.4) is 0 Å². The fourth-order valence-electron chi connectivity index (χ4n) is 2.26. The molecule has 1 amide bonds. The Kier molecular flexibility index (Phi) is 3.85. The molecule has 0 aromatic heterocycles. The number of nitrogens with one attached hydrogen (secondary N) is 1. The molecule has 1 aromatic carbocycles. The summed E-state index contributed by atoms with van der Waals surface area (Å²) in [6, 6.07) is 3.57. The predicted molar refractivity (Wildman–Crippen MR) is 68.4 cm³/mol. The van der Waals surface area contributed by atoms with E-state index in [9.17, 15) is 13.6 Å². The fraction of sp³-hybridized carbons (Fsp3) is 0.500. The molecule has 0 heterocycles. The van der Waals surface area contributed by atoms with Gasteiger partial charge in [-0.2, -0.15) is 0 Å². The van der Waals surface area contributed by atoms with Crippen LogP contribution in [0, 0.1) is 17.6 Å². The zero-order chi connectivity index (χ0) is 14.0. The van der Waals surface area contributed by atoms with Gasteiger partial charge >= 0.3 is 0 Å². The summed E-state index contributed by atoms with van der Waals surface area (Å²) in [6.07, 6.45) is 1.75. The first-order chi connectivity index (χ1) is 8.96. The monoisotopic (exact) mass is 268 g/mol. The van der Waals surface area contributed by atoms with Crippen molar-refractivity contribution < 1.29 is 13.6 Å². The molecule has 1 saturated carbocycles. The Balaban J connectivity index is 2.05. The van der Waals surface area contributed by atoms with Crippen molar-refractivity contribution in [2.75, 3.05) is 6.54 Å². The van der Waals surface area contributed by atoms with Crippen molar-refractivity contribution in [2.45, 2.75) is 31.7 Å². The predicted octanol–water partition coefficient (Wildman–Crippen LogP) is 1.75. The summed E-state index contributed by atoms with van der Waals surface area (Å²) < 4.78 is 26.9. The molecular weight excluding hydrogens is 250 g/mol. The van der Waals surface area contributed by atoms with Gasteiger partial charge in [0.05, 0.1) is 12.0 Å². The van der Waals surface area contributed by atoms with Crippen molar-refractivity contribution >= 4 is 5.91 Å². The van der Waals surface area contributed by atoms with Crippen LogP contribution in [0.15, 0.2) is 18.2 Å². The van der Waals surface area contributed by atoms with Crippen LogP contribution in [0.2, 0.25) is 0 Å². The molecule has 3 N–H and O–H groups in total. The third kappa shape index (κ3) is 3.10. The Morgan fingerprint density at radius 2 is 2.00 bits per heavy atom. The van der Waals surface area contributed by atoms with Crippen LogP contribution in [0.5, 0.6) is 0 Å². The van der Waals surface area contributed by atoms with Gasteiger partial charge in [0.15, 0.2) is 0 Å². The number of hydrogen-bond acceptors (Lipinski definition) is 2. The maximum Gasteiger partial charge on any atom is 0.225 e. The van der Waals surface area contributed by atoms with E-state index in [1.54, 1.807) is 0 Å². The lowest BCUT2D eigenvalue weighted by Gasteiger charge is -2.29. The highest BCUT2D eigenvalue weighted by Crippen LogP contribution is 2.39. The number of hydrogen-bond donors (Lipinski definition) is 2. The van der Waals surface area contributed by atoms with Crippen molar-refractivity contribution in [1.82, 2.24) is 5.32 Å². The minimum Gasteiger partial charge on any atom is -0.349 e. The number of amides is 1. The van der Waals surface area contributed by atoms with Crippen LogP contribution in [0.1, 0.15) is 25.3 Å². The lowest BCUT2D eigenvalue weighted by atomic mass is 9.95. The Bertz CT molecular complexity index is 468. The topological polar surface area (TPSA) is 55.1 Å². The molecule has 1 unspecified atom stereocenters. The maximum atomic E-state index is 13.5. The average molecular weight is 268 g/mol. The molecule has 1 aromatic rings. The van der Waals surface area contributed by atoms with Gasteiger partial charge in [0, 0.05) is 12.1 Å². The molecule has 0 radical (unpaired) electrons. The quantitative estimate of drug-likeness (QED) is 0.855. The van der Waals surface area contributed by atoms with Crippen LogP contribution < -0.4 is 11.1 Å². The first kappa shape index (κ1) is 13.9. The Hall–Kier alpha value is -1.49. The highest BCUT2D eigenvalue weighted by Gasteiger charge is 2.41. The first-order valence-electron chi connectivity index (χ1n) is 6.40. The molecule has 5 heteroatoms. The van der Waals surface area contributed by atoms with Crippen molar-refractivity contribution in [3.63, 3.8) is 0 Å². The smallest absolute Gasteiger partial charge is 0.225 e. The molecule has 1 fully saturated rings. The molecule has 0 saturated heterocycles. The number of rotatable bonds is 5. The summed E-state index contributed by atoms with van der Waals surface area (Å²) in [6.45, 7) is 2.20. The lowest BCUT2D eigenvalue weighted by molar-refractivity contribution is -0.122. The van der Waals surface area contributed by atoms with Crippen molar-refractivity contribution in [1.29, 1.82) is 0 Å². The maximum absolute atomic E-state index is 13.5. The summed E-state index contributed by atoms with van der Waals surface area (Å²) in [5.74, 6) is -1.43. The van der Waals surface area contributed by atoms with Crippen LogP contribution in [0.4, 0.5) is 8.78 Å². The highest BCUT2D eigenvalue weighted by atomic mass is 19.1. The van der Waals surface area contributed by atoms with Crippen molar-refractivity contribution in [2.24, 2.45) is 11.7 Å². The van der Waals surface area contributed by atoms with E-state index in [1.165, 1.54) is 6.07 Å². The Morgan fingerprint density at radius 1 is 1.42 bits per heavy atom. The van der Waals surface area contributed by atoms with E-state index in [2.05, 4.69) is 5.32 Å². The van der Waals surface area contributed by atoms with Crippen molar-refractivity contribution in [3.05, 3.63) is 35.4 Å². The average Bonchev–Trinajstić information content (AvgIpc) is 3.18. The molecule has 2 rings (SSSR count). The number of carbonyl (C=O) groups excluding carboxylic acids is 1. The van der Waals surface area contributed by atoms with Gasteiger partial charge in [-0.1, -0.05) is 6.07 Å². The molecular formula is C14H18F2N2O. The second kappa shape index (κ2) is 5.25. The normalized spacial score (nSPS) is 17.9. The van der Waals surface area contributed by atoms with Crippen LogP contribution in [0.25, 0.3) is 0 Å². The molecule has 0 spiro atoms. The van der Waals surface area contributed by atoms with Crippen molar-refractivity contribution in [3.8, 4) is 0 Å². The number of halogens is 2. The van der Waals surface area contributed by atoms with E-state index in [4.69, 9.17) is 5.73 Å². The van der Waals surface area contributed by atoms with Gasteiger partial charge in [0.2, 0.25) is 5.91 Å². The van der Waals surface area contributed by atoms with Gasteiger partial charge in [0.1, 0.15) is 11.6 Å². The summed E-state index contributed by atoms with van der Waals surface area (Å²) in [7, 11) is 0. The SMILES string of the molecule is CC(CN)(NC(=O)Cc1c(F)cccc1F)C1CC1. The van der Waals surface area contributed by atoms with E-state index in [1.807, 2.05) is 6.92 Å². The highest BCUT2D eigenvalue weighted by molar-refractivity contribution is 5.79. The minimum absolute atomic E-state index is 0.199. The largest absolute Gasteiger partial charge is 0.349 e. The summed E-state index contributed by atoms with van der Waals surface area (Å²) in [4.78, 5) is 11.9. The van der Waals surface area contributed by atoms with Crippen LogP contribution >= 0.6 is 0 Å². The zero-order valence-electron chi connectivity index (χ0n) is 10.9. The molecule has 104 valence electrons. The molecule has 1 aliphatic carbocycles. The van der Waals surface area contributed by atoms with Gasteiger partial charge in [-0.25, -0.2) is 8.78 Å². The summed E-state index contributed by atoms with van der Waals surface area (Å²) in [5.41, 5.74) is 5.01. The molecule has 1 atom stereocenters. The van der Waals surface area contributed by atoms with Gasteiger partial charge in [-0.3, -0.25) is 4.79 Å². The number of benzene rings is 1. The minimum atomic E-state index is -0.698. The molecule has 19 heavy (non-hydrogen) atoms. The third-order valence-electron chi connectivity index (χ3n) is 3.73. The van der Waals surface area contributed by atoms with E-state index in [0.717, 1.165) is 25.0 Å². The third-order valence-corrected chi connectivity index (χ3v) is 3.73. The van der Waals surface area contributed by atoms with E-state index in [0.29, 0.717) is 12.5 Å². The van der Waals surface area contributed by atoms with Gasteiger partial charge in [-0.05, 0) is 37.8 Å². The van der Waals surface area contributed by atoms with Crippen LogP contribution in [-0.4, -0.2) is 18.0 Å². The standard InChI is InChI=1S/C14H18F2N2O/c1-14(8-17,9-5-6-9)18-13(19)7-10-11(15)3-2-4-12(10)16/h2-4,9H,5-8,17H2,1H3,(H,18,19). The fourth-order valence-corrected chi connectivity index (χ4v) is 2.26. The number of nitrogens with two attached hydrogens (primary N) is 1. The molecule has 0 bridgehead atoms. The first-order valence-corrected chi connectivity index (χ1v) is 6.40. The summed E-state index contributed by atoms with van der Waals surface area (Å²) in [5, 5.41) is 2.81. The van der Waals surface area contributed by atoms with Gasteiger partial charge in [-0.15, -0.1) is 0 Å². The molecule has 0 aliphatic heterocycles. The van der Waals surface area contributed by atoms with Gasteiger partial charge in [0.25, 0.3) is 0 Å². The van der Waals surface area contributed by atoms with Gasteiger partial charge < -0.3 is 11.1 Å². The second-order valence-corrected chi connectivity index (χ2v) is 5.32. The van der Waals surface area contributed by atoms with E-state index in [-0.39, 0.29) is 12.0 Å². The molecule has 1 aliphatic rings. The molecule has 3 nitrogen and oxygen atoms in total. The summed E-state index contributed by atoms with van der Waals surface area (Å²) >= 11 is 0. The Labute approximate surface area is 111 Å². The van der Waals surface area contributed by atoms with Crippen LogP contribution in [-0.2, 0) is 11.2 Å². The lowest BCUT2D eigenvalue weighted by Crippen LogP contribution is -2.53. The zero-order valence-corrected chi connectivity index (χ0v) is 10.9. The second-order valence-electron chi connectivity index (χ2n) is 5.32. The Morgan fingerprint density at radius 3 is 2.47 bits per heavy atom. The van der Waals surface area contributed by atoms with E-state index >= 15 is 0 Å². The number of carbonyl (C=O) groups is 1. The van der Waals surface area contributed by atoms with E-state index < -0.39 is 23.1 Å².